The van der Waals surface area contributed by atoms with Crippen LogP contribution in [0.15, 0.2) is 42.6 Å². The summed E-state index contributed by atoms with van der Waals surface area (Å²) in [6.45, 7) is 1.82. The van der Waals surface area contributed by atoms with E-state index in [-0.39, 0.29) is 12.5 Å². The molecule has 2 aromatic rings. The van der Waals surface area contributed by atoms with E-state index in [0.717, 1.165) is 5.56 Å². The smallest absolute Gasteiger partial charge is 0.262 e. The number of halogens is 1. The Balaban J connectivity index is 1.91. The van der Waals surface area contributed by atoms with Crippen molar-refractivity contribution in [3.8, 4) is 5.88 Å². The van der Waals surface area contributed by atoms with Crippen LogP contribution in [0.3, 0.4) is 0 Å². The normalized spacial score (nSPS) is 10.0. The van der Waals surface area contributed by atoms with Crippen molar-refractivity contribution in [3.05, 3.63) is 53.2 Å². The molecule has 0 bridgehead atoms. The van der Waals surface area contributed by atoms with Crippen LogP contribution in [0.25, 0.3) is 0 Å². The highest BCUT2D eigenvalue weighted by Crippen LogP contribution is 2.22. The zero-order chi connectivity index (χ0) is 13.7. The number of rotatable bonds is 4. The molecule has 1 amide bonds. The summed E-state index contributed by atoms with van der Waals surface area (Å²) in [6.07, 6.45) is 1.60. The van der Waals surface area contributed by atoms with Gasteiger partial charge in [-0.05, 0) is 30.7 Å². The molecule has 2 rings (SSSR count). The van der Waals surface area contributed by atoms with Crippen molar-refractivity contribution in [1.82, 2.24) is 4.98 Å². The van der Waals surface area contributed by atoms with E-state index in [4.69, 9.17) is 16.3 Å². The number of carbonyl (C=O) groups excluding carboxylic acids is 1. The number of aromatic nitrogens is 1. The summed E-state index contributed by atoms with van der Waals surface area (Å²) >= 11 is 6.02. The monoisotopic (exact) mass is 276 g/mol. The van der Waals surface area contributed by atoms with Crippen molar-refractivity contribution in [3.63, 3.8) is 0 Å². The van der Waals surface area contributed by atoms with Crippen LogP contribution in [0.1, 0.15) is 5.56 Å². The van der Waals surface area contributed by atoms with Crippen LogP contribution in [0.5, 0.6) is 5.88 Å². The number of nitrogens with zero attached hydrogens (tertiary/aromatic N) is 1. The topological polar surface area (TPSA) is 51.2 Å². The van der Waals surface area contributed by atoms with Gasteiger partial charge in [-0.1, -0.05) is 23.7 Å². The zero-order valence-electron chi connectivity index (χ0n) is 10.4. The van der Waals surface area contributed by atoms with Gasteiger partial charge in [0.15, 0.2) is 6.61 Å². The van der Waals surface area contributed by atoms with Crippen LogP contribution in [0, 0.1) is 6.92 Å². The number of amides is 1. The van der Waals surface area contributed by atoms with Crippen molar-refractivity contribution in [2.75, 3.05) is 11.9 Å². The van der Waals surface area contributed by atoms with Gasteiger partial charge in [0.05, 0.1) is 10.7 Å². The van der Waals surface area contributed by atoms with Crippen LogP contribution in [0.4, 0.5) is 5.69 Å². The van der Waals surface area contributed by atoms with Gasteiger partial charge in [-0.3, -0.25) is 4.79 Å². The maximum absolute atomic E-state index is 11.7. The van der Waals surface area contributed by atoms with Gasteiger partial charge in [0.2, 0.25) is 5.88 Å². The number of aryl methyl sites for hydroxylation is 1. The van der Waals surface area contributed by atoms with Gasteiger partial charge < -0.3 is 10.1 Å². The summed E-state index contributed by atoms with van der Waals surface area (Å²) in [5.41, 5.74) is 1.61. The number of pyridine rings is 1. The summed E-state index contributed by atoms with van der Waals surface area (Å²) in [7, 11) is 0. The number of carbonyl (C=O) groups is 1. The third-order valence-electron chi connectivity index (χ3n) is 2.39. The molecule has 5 heteroatoms. The molecule has 0 saturated carbocycles. The van der Waals surface area contributed by atoms with Crippen molar-refractivity contribution in [2.24, 2.45) is 0 Å². The molecule has 4 nitrogen and oxygen atoms in total. The Hall–Kier alpha value is -2.07. The van der Waals surface area contributed by atoms with Crippen LogP contribution >= 0.6 is 11.6 Å². The average molecular weight is 277 g/mol. The predicted molar refractivity (Wildman–Crippen MR) is 74.6 cm³/mol. The first-order chi connectivity index (χ1) is 9.15. The van der Waals surface area contributed by atoms with Crippen molar-refractivity contribution >= 4 is 23.2 Å². The molecule has 0 saturated heterocycles. The second-order valence-electron chi connectivity index (χ2n) is 3.99. The predicted octanol–water partition coefficient (Wildman–Crippen LogP) is 3.06. The van der Waals surface area contributed by atoms with Gasteiger partial charge in [-0.25, -0.2) is 4.98 Å². The fourth-order valence-corrected chi connectivity index (χ4v) is 1.76. The van der Waals surface area contributed by atoms with Gasteiger partial charge in [0.1, 0.15) is 0 Å². The molecule has 19 heavy (non-hydrogen) atoms. The van der Waals surface area contributed by atoms with E-state index in [1.165, 1.54) is 0 Å². The second kappa shape index (κ2) is 6.20. The lowest BCUT2D eigenvalue weighted by molar-refractivity contribution is -0.118. The lowest BCUT2D eigenvalue weighted by Gasteiger charge is -2.08. The largest absolute Gasteiger partial charge is 0.468 e. The number of benzene rings is 1. The maximum atomic E-state index is 11.7. The molecule has 1 N–H and O–H groups in total. The SMILES string of the molecule is Cc1ccc(NC(=O)COc2ccccn2)c(Cl)c1. The molecule has 0 unspecified atom stereocenters. The van der Waals surface area contributed by atoms with Gasteiger partial charge in [-0.2, -0.15) is 0 Å². The molecular weight excluding hydrogens is 264 g/mol. The molecule has 0 aliphatic rings. The quantitative estimate of drug-likeness (QED) is 0.934. The molecule has 0 spiro atoms. The first-order valence-electron chi connectivity index (χ1n) is 5.75. The third-order valence-corrected chi connectivity index (χ3v) is 2.70. The minimum Gasteiger partial charge on any atom is -0.468 e. The van der Waals surface area contributed by atoms with E-state index in [0.29, 0.717) is 16.6 Å². The van der Waals surface area contributed by atoms with Crippen LogP contribution in [-0.2, 0) is 4.79 Å². The molecule has 0 fully saturated rings. The van der Waals surface area contributed by atoms with Gasteiger partial charge in [0, 0.05) is 12.3 Å². The van der Waals surface area contributed by atoms with Gasteiger partial charge in [-0.15, -0.1) is 0 Å². The van der Waals surface area contributed by atoms with E-state index in [1.54, 1.807) is 36.5 Å². The van der Waals surface area contributed by atoms with Crippen LogP contribution in [-0.4, -0.2) is 17.5 Å². The number of hydrogen-bond donors (Lipinski definition) is 1. The minimum atomic E-state index is -0.281. The van der Waals surface area contributed by atoms with Crippen molar-refractivity contribution in [1.29, 1.82) is 0 Å². The van der Waals surface area contributed by atoms with Crippen LogP contribution < -0.4 is 10.1 Å². The fraction of sp³-hybridized carbons (Fsp3) is 0.143. The number of hydrogen-bond acceptors (Lipinski definition) is 3. The highest BCUT2D eigenvalue weighted by molar-refractivity contribution is 6.33. The van der Waals surface area contributed by atoms with E-state index >= 15 is 0 Å². The molecular formula is C14H13ClN2O2. The molecule has 1 aromatic heterocycles. The Morgan fingerprint density at radius 2 is 2.21 bits per heavy atom. The summed E-state index contributed by atoms with van der Waals surface area (Å²) in [6, 6.07) is 10.7. The van der Waals surface area contributed by atoms with Crippen molar-refractivity contribution in [2.45, 2.75) is 6.92 Å². The van der Waals surface area contributed by atoms with E-state index in [9.17, 15) is 4.79 Å². The third kappa shape index (κ3) is 3.96. The van der Waals surface area contributed by atoms with Crippen LogP contribution in [0.2, 0.25) is 5.02 Å². The molecule has 98 valence electrons. The van der Waals surface area contributed by atoms with E-state index < -0.39 is 0 Å². The first kappa shape index (κ1) is 13.4. The van der Waals surface area contributed by atoms with Gasteiger partial charge >= 0.3 is 0 Å². The van der Waals surface area contributed by atoms with Gasteiger partial charge in [0.25, 0.3) is 5.91 Å². The highest BCUT2D eigenvalue weighted by Gasteiger charge is 2.07. The molecule has 0 aliphatic carbocycles. The summed E-state index contributed by atoms with van der Waals surface area (Å²) in [5.74, 6) is 0.129. The standard InChI is InChI=1S/C14H13ClN2O2/c1-10-5-6-12(11(15)8-10)17-13(18)9-19-14-4-2-3-7-16-14/h2-8H,9H2,1H3,(H,17,18). The first-order valence-corrected chi connectivity index (χ1v) is 6.13. The Kier molecular flexibility index (Phi) is 4.36. The molecule has 0 radical (unpaired) electrons. The lowest BCUT2D eigenvalue weighted by Crippen LogP contribution is -2.20. The minimum absolute atomic E-state index is 0.110. The Morgan fingerprint density at radius 3 is 2.89 bits per heavy atom. The number of ether oxygens (including phenoxy) is 1. The molecule has 1 heterocycles. The summed E-state index contributed by atoms with van der Waals surface area (Å²) in [4.78, 5) is 15.7. The number of nitrogens with one attached hydrogen (secondary N) is 1. The fourth-order valence-electron chi connectivity index (χ4n) is 1.48. The average Bonchev–Trinajstić information content (AvgIpc) is 2.41. The number of anilines is 1. The lowest BCUT2D eigenvalue weighted by atomic mass is 10.2. The zero-order valence-corrected chi connectivity index (χ0v) is 11.1. The summed E-state index contributed by atoms with van der Waals surface area (Å²) < 4.78 is 5.24. The summed E-state index contributed by atoms with van der Waals surface area (Å²) in [5, 5.41) is 3.19. The molecule has 0 atom stereocenters. The highest BCUT2D eigenvalue weighted by atomic mass is 35.5. The Bertz CT molecular complexity index is 573. The van der Waals surface area contributed by atoms with E-state index in [1.807, 2.05) is 13.0 Å². The molecule has 1 aromatic carbocycles. The molecule has 0 aliphatic heterocycles. The maximum Gasteiger partial charge on any atom is 0.262 e. The van der Waals surface area contributed by atoms with Crippen molar-refractivity contribution < 1.29 is 9.53 Å². The second-order valence-corrected chi connectivity index (χ2v) is 4.40. The Labute approximate surface area is 116 Å². The van der Waals surface area contributed by atoms with E-state index in [2.05, 4.69) is 10.3 Å². The Morgan fingerprint density at radius 1 is 1.37 bits per heavy atom.